The van der Waals surface area contributed by atoms with Gasteiger partial charge >= 0.3 is 0 Å². The van der Waals surface area contributed by atoms with Crippen LogP contribution in [0.1, 0.15) is 28.7 Å². The largest absolute Gasteiger partial charge is 0.294 e. The van der Waals surface area contributed by atoms with Crippen molar-refractivity contribution in [3.8, 4) is 0 Å². The van der Waals surface area contributed by atoms with Gasteiger partial charge in [-0.2, -0.15) is 5.10 Å². The first kappa shape index (κ1) is 15.3. The summed E-state index contributed by atoms with van der Waals surface area (Å²) >= 11 is 5.14. The lowest BCUT2D eigenvalue weighted by Crippen LogP contribution is -2.11. The van der Waals surface area contributed by atoms with Crippen molar-refractivity contribution >= 4 is 33.5 Å². The van der Waals surface area contributed by atoms with E-state index in [0.717, 1.165) is 32.9 Å². The average Bonchev–Trinajstić information content (AvgIpc) is 2.74. The molecule has 0 aliphatic rings. The van der Waals surface area contributed by atoms with Crippen LogP contribution in [0.15, 0.2) is 33.6 Å². The molecule has 0 spiro atoms. The van der Waals surface area contributed by atoms with E-state index in [4.69, 9.17) is 0 Å². The summed E-state index contributed by atoms with van der Waals surface area (Å²) in [6, 6.07) is 7.74. The number of carbonyl (C=O) groups is 1. The van der Waals surface area contributed by atoms with Crippen molar-refractivity contribution in [2.75, 3.05) is 6.26 Å². The van der Waals surface area contributed by atoms with Gasteiger partial charge in [-0.05, 0) is 42.1 Å². The molecule has 0 saturated heterocycles. The molecule has 0 atom stereocenters. The van der Waals surface area contributed by atoms with E-state index in [1.807, 2.05) is 49.1 Å². The Hall–Kier alpha value is -1.07. The van der Waals surface area contributed by atoms with Crippen LogP contribution in [-0.4, -0.2) is 21.8 Å². The Kier molecular flexibility index (Phi) is 5.05. The van der Waals surface area contributed by atoms with Crippen molar-refractivity contribution < 1.29 is 4.79 Å². The zero-order chi connectivity index (χ0) is 14.7. The molecule has 0 aliphatic carbocycles. The van der Waals surface area contributed by atoms with Crippen LogP contribution in [0.5, 0.6) is 0 Å². The van der Waals surface area contributed by atoms with E-state index < -0.39 is 0 Å². The Labute approximate surface area is 131 Å². The molecule has 0 amide bonds. The number of Topliss-reactive ketones (excluding diaryl/α,β-unsaturated/α-hetero) is 1. The van der Waals surface area contributed by atoms with Gasteiger partial charge in [0.05, 0.1) is 22.3 Å². The number of hydrogen-bond acceptors (Lipinski definition) is 3. The predicted molar refractivity (Wildman–Crippen MR) is 86.6 cm³/mol. The standard InChI is InChI=1S/C15H17BrN2OS/c1-4-18-12(15(16)10(2)17-18)9-13(19)11-7-5-6-8-14(11)20-3/h5-8H,4,9H2,1-3H3. The van der Waals surface area contributed by atoms with Gasteiger partial charge in [-0.1, -0.05) is 18.2 Å². The molecule has 1 aromatic carbocycles. The summed E-state index contributed by atoms with van der Waals surface area (Å²) in [5, 5.41) is 4.43. The van der Waals surface area contributed by atoms with Gasteiger partial charge in [0.1, 0.15) is 0 Å². The number of benzene rings is 1. The van der Waals surface area contributed by atoms with E-state index in [1.165, 1.54) is 0 Å². The third-order valence-electron chi connectivity index (χ3n) is 3.19. The Bertz CT molecular complexity index is 637. The molecule has 0 saturated carbocycles. The van der Waals surface area contributed by atoms with E-state index in [2.05, 4.69) is 21.0 Å². The molecule has 0 fully saturated rings. The van der Waals surface area contributed by atoms with Crippen molar-refractivity contribution in [1.29, 1.82) is 0 Å². The highest BCUT2D eigenvalue weighted by atomic mass is 79.9. The second-order valence-corrected chi connectivity index (χ2v) is 6.10. The topological polar surface area (TPSA) is 34.9 Å². The summed E-state index contributed by atoms with van der Waals surface area (Å²) in [7, 11) is 0. The zero-order valence-electron chi connectivity index (χ0n) is 11.8. The third kappa shape index (κ3) is 2.99. The summed E-state index contributed by atoms with van der Waals surface area (Å²) < 4.78 is 2.83. The highest BCUT2D eigenvalue weighted by Crippen LogP contribution is 2.25. The van der Waals surface area contributed by atoms with Crippen molar-refractivity contribution in [1.82, 2.24) is 9.78 Å². The number of halogens is 1. The molecule has 20 heavy (non-hydrogen) atoms. The molecule has 2 rings (SSSR count). The van der Waals surface area contributed by atoms with Crippen LogP contribution in [0.3, 0.4) is 0 Å². The normalized spacial score (nSPS) is 10.8. The third-order valence-corrected chi connectivity index (χ3v) is 5.02. The van der Waals surface area contributed by atoms with Crippen LogP contribution in [0.4, 0.5) is 0 Å². The van der Waals surface area contributed by atoms with Crippen molar-refractivity contribution in [2.24, 2.45) is 0 Å². The fraction of sp³-hybridized carbons (Fsp3) is 0.333. The van der Waals surface area contributed by atoms with Crippen LogP contribution in [0.2, 0.25) is 0 Å². The fourth-order valence-electron chi connectivity index (χ4n) is 2.16. The van der Waals surface area contributed by atoms with Crippen LogP contribution >= 0.6 is 27.7 Å². The van der Waals surface area contributed by atoms with Gasteiger partial charge in [0.25, 0.3) is 0 Å². The maximum atomic E-state index is 12.5. The molecule has 106 valence electrons. The lowest BCUT2D eigenvalue weighted by molar-refractivity contribution is 0.0987. The molecule has 0 bridgehead atoms. The lowest BCUT2D eigenvalue weighted by atomic mass is 10.1. The SMILES string of the molecule is CCn1nc(C)c(Br)c1CC(=O)c1ccccc1SC. The second-order valence-electron chi connectivity index (χ2n) is 4.46. The first-order valence-electron chi connectivity index (χ1n) is 6.46. The predicted octanol–water partition coefficient (Wildman–Crippen LogP) is 4.12. The van der Waals surface area contributed by atoms with E-state index in [-0.39, 0.29) is 5.78 Å². The molecule has 5 heteroatoms. The van der Waals surface area contributed by atoms with Crippen molar-refractivity contribution in [3.05, 3.63) is 45.7 Å². The van der Waals surface area contributed by atoms with Gasteiger partial charge in [-0.3, -0.25) is 9.48 Å². The Morgan fingerprint density at radius 1 is 1.40 bits per heavy atom. The summed E-state index contributed by atoms with van der Waals surface area (Å²) in [5.74, 6) is 0.130. The number of aryl methyl sites for hydroxylation is 2. The molecular weight excluding hydrogens is 336 g/mol. The van der Waals surface area contributed by atoms with Gasteiger partial charge in [-0.25, -0.2) is 0 Å². The maximum absolute atomic E-state index is 12.5. The molecule has 1 aromatic heterocycles. The first-order valence-corrected chi connectivity index (χ1v) is 8.48. The summed E-state index contributed by atoms with van der Waals surface area (Å²) in [5.41, 5.74) is 2.66. The van der Waals surface area contributed by atoms with Crippen molar-refractivity contribution in [2.45, 2.75) is 31.7 Å². The second kappa shape index (κ2) is 6.59. The average molecular weight is 353 g/mol. The number of aromatic nitrogens is 2. The van der Waals surface area contributed by atoms with E-state index in [1.54, 1.807) is 11.8 Å². The lowest BCUT2D eigenvalue weighted by Gasteiger charge is -2.08. The molecule has 0 radical (unpaired) electrons. The number of nitrogens with zero attached hydrogens (tertiary/aromatic N) is 2. The van der Waals surface area contributed by atoms with Crippen LogP contribution < -0.4 is 0 Å². The summed E-state index contributed by atoms with van der Waals surface area (Å²) in [4.78, 5) is 13.6. The number of carbonyl (C=O) groups excluding carboxylic acids is 1. The summed E-state index contributed by atoms with van der Waals surface area (Å²) in [6.07, 6.45) is 2.36. The molecule has 2 aromatic rings. The van der Waals surface area contributed by atoms with Gasteiger partial charge in [0, 0.05) is 17.0 Å². The molecule has 1 heterocycles. The maximum Gasteiger partial charge on any atom is 0.169 e. The van der Waals surface area contributed by atoms with Crippen molar-refractivity contribution in [3.63, 3.8) is 0 Å². The van der Waals surface area contributed by atoms with E-state index in [9.17, 15) is 4.79 Å². The minimum atomic E-state index is 0.130. The molecule has 3 nitrogen and oxygen atoms in total. The number of ketones is 1. The van der Waals surface area contributed by atoms with Gasteiger partial charge in [-0.15, -0.1) is 11.8 Å². The van der Waals surface area contributed by atoms with Gasteiger partial charge in [0.2, 0.25) is 0 Å². The minimum absolute atomic E-state index is 0.130. The molecule has 0 N–H and O–H groups in total. The number of hydrogen-bond donors (Lipinski definition) is 0. The fourth-order valence-corrected chi connectivity index (χ4v) is 3.20. The smallest absolute Gasteiger partial charge is 0.169 e. The van der Waals surface area contributed by atoms with Gasteiger partial charge in [0.15, 0.2) is 5.78 Å². The Morgan fingerprint density at radius 2 is 2.10 bits per heavy atom. The van der Waals surface area contributed by atoms with Crippen LogP contribution in [0.25, 0.3) is 0 Å². The zero-order valence-corrected chi connectivity index (χ0v) is 14.2. The highest BCUT2D eigenvalue weighted by Gasteiger charge is 2.18. The van der Waals surface area contributed by atoms with Gasteiger partial charge < -0.3 is 0 Å². The monoisotopic (exact) mass is 352 g/mol. The Balaban J connectivity index is 2.33. The van der Waals surface area contributed by atoms with E-state index in [0.29, 0.717) is 6.42 Å². The minimum Gasteiger partial charge on any atom is -0.294 e. The molecular formula is C15H17BrN2OS. The first-order chi connectivity index (χ1) is 9.58. The van der Waals surface area contributed by atoms with Crippen LogP contribution in [0, 0.1) is 6.92 Å². The number of thioether (sulfide) groups is 1. The quantitative estimate of drug-likeness (QED) is 0.599. The molecule has 0 unspecified atom stereocenters. The van der Waals surface area contributed by atoms with E-state index >= 15 is 0 Å². The van der Waals surface area contributed by atoms with Crippen LogP contribution in [-0.2, 0) is 13.0 Å². The molecule has 0 aliphatic heterocycles. The Morgan fingerprint density at radius 3 is 2.75 bits per heavy atom. The summed E-state index contributed by atoms with van der Waals surface area (Å²) in [6.45, 7) is 4.74. The number of rotatable bonds is 5. The highest BCUT2D eigenvalue weighted by molar-refractivity contribution is 9.10.